The molecule has 0 amide bonds. The van der Waals surface area contributed by atoms with Crippen LogP contribution in [0.25, 0.3) is 0 Å². The summed E-state index contributed by atoms with van der Waals surface area (Å²) in [6, 6.07) is 18.2. The number of carbonyl (C=O) groups excluding carboxylic acids is 1. The first-order valence-electron chi connectivity index (χ1n) is 14.8. The molecule has 9 heteroatoms. The Morgan fingerprint density at radius 2 is 1.95 bits per heavy atom. The molecule has 4 aromatic rings. The number of piperidine rings is 1. The van der Waals surface area contributed by atoms with Crippen molar-refractivity contribution in [3.8, 4) is 5.88 Å². The van der Waals surface area contributed by atoms with Gasteiger partial charge in [0.15, 0.2) is 5.76 Å². The third kappa shape index (κ3) is 8.00. The van der Waals surface area contributed by atoms with Crippen LogP contribution in [0.5, 0.6) is 5.88 Å². The molecule has 3 heterocycles. The van der Waals surface area contributed by atoms with Gasteiger partial charge in [-0.3, -0.25) is 4.79 Å². The van der Waals surface area contributed by atoms with Gasteiger partial charge in [0.25, 0.3) is 0 Å². The van der Waals surface area contributed by atoms with Gasteiger partial charge in [-0.25, -0.2) is 9.37 Å². The molecule has 1 aliphatic rings. The molecule has 1 saturated heterocycles. The lowest BCUT2D eigenvalue weighted by Crippen LogP contribution is -2.39. The molecular weight excluding hydrogens is 567 g/mol. The van der Waals surface area contributed by atoms with Crippen molar-refractivity contribution in [2.75, 3.05) is 31.1 Å². The fourth-order valence-electron chi connectivity index (χ4n) is 5.43. The fourth-order valence-corrected chi connectivity index (χ4v) is 5.59. The van der Waals surface area contributed by atoms with E-state index < -0.39 is 0 Å². The SMILES string of the molecule is Cc1ccc(C=O)cc1N(CCN1CCC(c2cccc(OCc3ccc(Cl)cc3F)n2)CC1)Cc1cc(C(C)C)no1. The molecule has 2 aromatic carbocycles. The summed E-state index contributed by atoms with van der Waals surface area (Å²) < 4.78 is 25.6. The zero-order chi connectivity index (χ0) is 30.3. The minimum absolute atomic E-state index is 0.0937. The minimum atomic E-state index is -0.387. The number of anilines is 1. The van der Waals surface area contributed by atoms with Crippen LogP contribution < -0.4 is 9.64 Å². The lowest BCUT2D eigenvalue weighted by molar-refractivity contribution is 0.112. The number of hydrogen-bond donors (Lipinski definition) is 0. The number of rotatable bonds is 12. The van der Waals surface area contributed by atoms with Crippen LogP contribution in [0, 0.1) is 12.7 Å². The van der Waals surface area contributed by atoms with E-state index in [0.717, 1.165) is 73.7 Å². The number of aryl methyl sites for hydroxylation is 1. The van der Waals surface area contributed by atoms with E-state index in [-0.39, 0.29) is 12.4 Å². The summed E-state index contributed by atoms with van der Waals surface area (Å²) >= 11 is 5.86. The number of benzene rings is 2. The monoisotopic (exact) mass is 604 g/mol. The molecule has 0 saturated carbocycles. The van der Waals surface area contributed by atoms with Crippen molar-refractivity contribution in [3.63, 3.8) is 0 Å². The van der Waals surface area contributed by atoms with Gasteiger partial charge in [0.1, 0.15) is 18.7 Å². The van der Waals surface area contributed by atoms with Crippen LogP contribution >= 0.6 is 11.6 Å². The van der Waals surface area contributed by atoms with Gasteiger partial charge in [0, 0.05) is 58.7 Å². The van der Waals surface area contributed by atoms with Crippen LogP contribution in [-0.2, 0) is 13.2 Å². The number of carbonyl (C=O) groups is 1. The van der Waals surface area contributed by atoms with Crippen molar-refractivity contribution in [3.05, 3.63) is 105 Å². The molecule has 7 nitrogen and oxygen atoms in total. The zero-order valence-corrected chi connectivity index (χ0v) is 25.7. The molecular formula is C34H38ClFN4O3. The van der Waals surface area contributed by atoms with Gasteiger partial charge in [0.05, 0.1) is 12.2 Å². The van der Waals surface area contributed by atoms with Crippen LogP contribution in [0.1, 0.15) is 77.2 Å². The highest BCUT2D eigenvalue weighted by atomic mass is 35.5. The Kier molecular flexibility index (Phi) is 10.1. The van der Waals surface area contributed by atoms with Crippen LogP contribution in [0.3, 0.4) is 0 Å². The van der Waals surface area contributed by atoms with Gasteiger partial charge in [0.2, 0.25) is 5.88 Å². The Morgan fingerprint density at radius 1 is 1.14 bits per heavy atom. The standard InChI is InChI=1S/C34H38ClFN4O3/c1-23(2)32-19-29(43-38-32)20-40(33-17-25(21-41)8-7-24(33)3)16-15-39-13-11-26(12-14-39)31-5-4-6-34(37-31)42-22-27-9-10-28(35)18-30(27)36/h4-10,17-19,21,23,26H,11-16,20,22H2,1-3H3. The van der Waals surface area contributed by atoms with Crippen molar-refractivity contribution in [2.45, 2.75) is 58.6 Å². The lowest BCUT2D eigenvalue weighted by atomic mass is 9.93. The Labute approximate surface area is 257 Å². The highest BCUT2D eigenvalue weighted by Crippen LogP contribution is 2.29. The maximum atomic E-state index is 14.1. The van der Waals surface area contributed by atoms with Crippen LogP contribution in [0.2, 0.25) is 5.02 Å². The number of hydrogen-bond acceptors (Lipinski definition) is 7. The van der Waals surface area contributed by atoms with E-state index >= 15 is 0 Å². The van der Waals surface area contributed by atoms with Crippen molar-refractivity contribution in [1.82, 2.24) is 15.0 Å². The highest BCUT2D eigenvalue weighted by Gasteiger charge is 2.23. The van der Waals surface area contributed by atoms with Crippen LogP contribution in [0.4, 0.5) is 10.1 Å². The summed E-state index contributed by atoms with van der Waals surface area (Å²) in [6.07, 6.45) is 2.87. The third-order valence-electron chi connectivity index (χ3n) is 8.05. The maximum Gasteiger partial charge on any atom is 0.213 e. The van der Waals surface area contributed by atoms with E-state index in [4.69, 9.17) is 25.8 Å². The molecule has 0 spiro atoms. The summed E-state index contributed by atoms with van der Waals surface area (Å²) in [4.78, 5) is 21.0. The first-order valence-corrected chi connectivity index (χ1v) is 15.2. The molecule has 1 aliphatic heterocycles. The van der Waals surface area contributed by atoms with E-state index in [2.05, 4.69) is 35.7 Å². The van der Waals surface area contributed by atoms with Crippen LogP contribution in [-0.4, -0.2) is 47.5 Å². The Morgan fingerprint density at radius 3 is 2.67 bits per heavy atom. The number of ether oxygens (including phenoxy) is 1. The summed E-state index contributed by atoms with van der Waals surface area (Å²) in [5.74, 6) is 1.54. The number of nitrogens with zero attached hydrogens (tertiary/aromatic N) is 4. The number of halogens is 2. The van der Waals surface area contributed by atoms with Gasteiger partial charge in [-0.2, -0.15) is 0 Å². The molecule has 0 radical (unpaired) electrons. The molecule has 0 aliphatic carbocycles. The lowest BCUT2D eigenvalue weighted by Gasteiger charge is -2.34. The van der Waals surface area contributed by atoms with E-state index in [0.29, 0.717) is 40.4 Å². The van der Waals surface area contributed by atoms with Crippen molar-refractivity contribution in [1.29, 1.82) is 0 Å². The fraction of sp³-hybridized carbons (Fsp3) is 0.382. The largest absolute Gasteiger partial charge is 0.473 e. The van der Waals surface area contributed by atoms with Crippen LogP contribution in [0.15, 0.2) is 65.2 Å². The topological polar surface area (TPSA) is 71.7 Å². The molecule has 43 heavy (non-hydrogen) atoms. The molecule has 1 fully saturated rings. The molecule has 226 valence electrons. The van der Waals surface area contributed by atoms with Crippen molar-refractivity contribution in [2.24, 2.45) is 0 Å². The number of aldehydes is 1. The first-order chi connectivity index (χ1) is 20.8. The predicted octanol–water partition coefficient (Wildman–Crippen LogP) is 7.57. The second-order valence-electron chi connectivity index (χ2n) is 11.5. The molecule has 0 atom stereocenters. The summed E-state index contributed by atoms with van der Waals surface area (Å²) in [6.45, 7) is 10.5. The molecule has 0 N–H and O–H groups in total. The van der Waals surface area contributed by atoms with E-state index in [1.807, 2.05) is 36.4 Å². The zero-order valence-electron chi connectivity index (χ0n) is 24.9. The average molecular weight is 605 g/mol. The Balaban J connectivity index is 1.19. The van der Waals surface area contributed by atoms with E-state index in [1.54, 1.807) is 18.2 Å². The molecule has 0 bridgehead atoms. The van der Waals surface area contributed by atoms with E-state index in [9.17, 15) is 9.18 Å². The van der Waals surface area contributed by atoms with E-state index in [1.165, 1.54) is 6.07 Å². The quantitative estimate of drug-likeness (QED) is 0.154. The average Bonchev–Trinajstić information content (AvgIpc) is 3.49. The highest BCUT2D eigenvalue weighted by molar-refractivity contribution is 6.30. The third-order valence-corrected chi connectivity index (χ3v) is 8.29. The summed E-state index contributed by atoms with van der Waals surface area (Å²) in [5, 5.41) is 4.60. The molecule has 2 aromatic heterocycles. The molecule has 0 unspecified atom stereocenters. The number of likely N-dealkylation sites (tertiary alicyclic amines) is 1. The van der Waals surface area contributed by atoms with Gasteiger partial charge in [-0.1, -0.05) is 54.9 Å². The number of pyridine rings is 1. The smallest absolute Gasteiger partial charge is 0.213 e. The molecule has 5 rings (SSSR count). The second-order valence-corrected chi connectivity index (χ2v) is 11.9. The van der Waals surface area contributed by atoms with Crippen molar-refractivity contribution >= 4 is 23.6 Å². The van der Waals surface area contributed by atoms with Gasteiger partial charge >= 0.3 is 0 Å². The first kappa shape index (κ1) is 30.7. The Hall–Kier alpha value is -3.75. The second kappa shape index (κ2) is 14.1. The summed E-state index contributed by atoms with van der Waals surface area (Å²) in [5.41, 5.74) is 5.18. The van der Waals surface area contributed by atoms with Crippen molar-refractivity contribution < 1.29 is 18.4 Å². The minimum Gasteiger partial charge on any atom is -0.473 e. The van der Waals surface area contributed by atoms with Gasteiger partial charge in [-0.15, -0.1) is 0 Å². The van der Waals surface area contributed by atoms with Gasteiger partial charge in [-0.05, 0) is 68.6 Å². The maximum absolute atomic E-state index is 14.1. The number of aromatic nitrogens is 2. The van der Waals surface area contributed by atoms with Gasteiger partial charge < -0.3 is 19.1 Å². The predicted molar refractivity (Wildman–Crippen MR) is 167 cm³/mol. The Bertz CT molecular complexity index is 1530. The summed E-state index contributed by atoms with van der Waals surface area (Å²) in [7, 11) is 0. The normalized spacial score (nSPS) is 14.3.